The first kappa shape index (κ1) is 10.2. The van der Waals surface area contributed by atoms with Crippen molar-refractivity contribution in [2.75, 3.05) is 6.61 Å². The van der Waals surface area contributed by atoms with Crippen molar-refractivity contribution in [2.45, 2.75) is 0 Å². The van der Waals surface area contributed by atoms with E-state index in [4.69, 9.17) is 22.1 Å². The Balaban J connectivity index is 2.72. The minimum atomic E-state index is -0.410. The number of hydrogen-bond acceptors (Lipinski definition) is 2. The Morgan fingerprint density at radius 2 is 2.31 bits per heavy atom. The van der Waals surface area contributed by atoms with Crippen LogP contribution in [-0.4, -0.2) is 11.6 Å². The van der Waals surface area contributed by atoms with Gasteiger partial charge in [-0.1, -0.05) is 23.8 Å². The van der Waals surface area contributed by atoms with Crippen molar-refractivity contribution in [3.05, 3.63) is 29.0 Å². The summed E-state index contributed by atoms with van der Waals surface area (Å²) in [6, 6.07) is 3.84. The number of ether oxygens (including phenoxy) is 1. The maximum Gasteiger partial charge on any atom is 0.138 e. The van der Waals surface area contributed by atoms with Gasteiger partial charge in [0.25, 0.3) is 0 Å². The first-order valence-electron chi connectivity index (χ1n) is 3.46. The number of benzene rings is 1. The van der Waals surface area contributed by atoms with E-state index in [2.05, 4.69) is 12.2 Å². The first-order chi connectivity index (χ1) is 6.09. The van der Waals surface area contributed by atoms with Gasteiger partial charge < -0.3 is 10.5 Å². The number of nitrogens with two attached hydrogens (primary N) is 1. The Hall–Kier alpha value is -0.870. The molecule has 1 aromatic rings. The molecule has 0 spiro atoms. The summed E-state index contributed by atoms with van der Waals surface area (Å²) in [5.41, 5.74) is 5.21. The molecule has 0 aliphatic heterocycles. The highest BCUT2D eigenvalue weighted by Crippen LogP contribution is 2.24. The predicted octanol–water partition coefficient (Wildman–Crippen LogP) is 2.14. The molecule has 0 aromatic heterocycles. The van der Waals surface area contributed by atoms with E-state index in [0.29, 0.717) is 5.75 Å². The van der Waals surface area contributed by atoms with Gasteiger partial charge in [-0.3, -0.25) is 0 Å². The smallest absolute Gasteiger partial charge is 0.138 e. The normalized spacial score (nSPS) is 9.69. The van der Waals surface area contributed by atoms with Crippen molar-refractivity contribution < 1.29 is 9.13 Å². The van der Waals surface area contributed by atoms with Crippen LogP contribution in [0.2, 0.25) is 5.02 Å². The second-order valence-electron chi connectivity index (χ2n) is 2.33. The maximum absolute atomic E-state index is 12.6. The van der Waals surface area contributed by atoms with Crippen molar-refractivity contribution in [3.8, 4) is 5.75 Å². The molecule has 0 unspecified atom stereocenters. The second kappa shape index (κ2) is 4.39. The van der Waals surface area contributed by atoms with Crippen LogP contribution in [-0.2, 0) is 0 Å². The fourth-order valence-electron chi connectivity index (χ4n) is 0.741. The van der Waals surface area contributed by atoms with Crippen molar-refractivity contribution in [3.63, 3.8) is 0 Å². The average molecular weight is 220 g/mol. The first-order valence-corrected chi connectivity index (χ1v) is 4.24. The highest BCUT2D eigenvalue weighted by molar-refractivity contribution is 7.80. The number of hydrogen-bond donors (Lipinski definition) is 1. The van der Waals surface area contributed by atoms with E-state index < -0.39 is 5.82 Å². The molecule has 0 saturated heterocycles. The molecule has 2 nitrogen and oxygen atoms in total. The van der Waals surface area contributed by atoms with E-state index in [1.165, 1.54) is 12.1 Å². The third-order valence-corrected chi connectivity index (χ3v) is 1.68. The van der Waals surface area contributed by atoms with Crippen LogP contribution < -0.4 is 10.5 Å². The maximum atomic E-state index is 12.6. The Morgan fingerprint density at radius 3 is 2.85 bits per heavy atom. The van der Waals surface area contributed by atoms with Gasteiger partial charge >= 0.3 is 0 Å². The van der Waals surface area contributed by atoms with Crippen molar-refractivity contribution in [2.24, 2.45) is 5.73 Å². The highest BCUT2D eigenvalue weighted by atomic mass is 35.5. The largest absolute Gasteiger partial charge is 0.485 e. The zero-order valence-corrected chi connectivity index (χ0v) is 8.16. The summed E-state index contributed by atoms with van der Waals surface area (Å²) in [6.07, 6.45) is 0. The molecule has 0 radical (unpaired) electrons. The van der Waals surface area contributed by atoms with Gasteiger partial charge in [0.05, 0.1) is 5.02 Å². The lowest BCUT2D eigenvalue weighted by Gasteiger charge is -2.05. The summed E-state index contributed by atoms with van der Waals surface area (Å²) in [4.78, 5) is 0.223. The van der Waals surface area contributed by atoms with Gasteiger partial charge in [-0.25, -0.2) is 4.39 Å². The highest BCUT2D eigenvalue weighted by Gasteiger charge is 2.02. The molecule has 0 heterocycles. The Bertz CT molecular complexity index is 332. The molecule has 0 amide bonds. The summed E-state index contributed by atoms with van der Waals surface area (Å²) < 4.78 is 17.6. The molecule has 0 fully saturated rings. The van der Waals surface area contributed by atoms with Gasteiger partial charge in [-0.15, -0.1) is 0 Å². The third-order valence-electron chi connectivity index (χ3n) is 1.26. The molecule has 0 bridgehead atoms. The van der Waals surface area contributed by atoms with E-state index in [0.717, 1.165) is 6.07 Å². The zero-order valence-electron chi connectivity index (χ0n) is 6.59. The van der Waals surface area contributed by atoms with Crippen LogP contribution in [0.15, 0.2) is 18.2 Å². The molecule has 0 saturated carbocycles. The average Bonchev–Trinajstić information content (AvgIpc) is 2.02. The summed E-state index contributed by atoms with van der Waals surface area (Å²) in [5, 5.41) is 0.205. The lowest BCUT2D eigenvalue weighted by Crippen LogP contribution is -2.17. The van der Waals surface area contributed by atoms with E-state index >= 15 is 0 Å². The second-order valence-corrected chi connectivity index (χ2v) is 3.26. The topological polar surface area (TPSA) is 35.2 Å². The van der Waals surface area contributed by atoms with Crippen LogP contribution in [0.5, 0.6) is 5.75 Å². The predicted molar refractivity (Wildman–Crippen MR) is 53.7 cm³/mol. The van der Waals surface area contributed by atoms with Crippen LogP contribution in [0, 0.1) is 5.82 Å². The Labute approximate surface area is 85.4 Å². The number of rotatable bonds is 3. The number of halogens is 2. The van der Waals surface area contributed by atoms with Crippen molar-refractivity contribution >= 4 is 28.8 Å². The minimum Gasteiger partial charge on any atom is -0.485 e. The molecular weight excluding hydrogens is 213 g/mol. The zero-order chi connectivity index (χ0) is 9.84. The summed E-state index contributed by atoms with van der Waals surface area (Å²) in [6.45, 7) is 0.0979. The van der Waals surface area contributed by atoms with Crippen LogP contribution in [0.3, 0.4) is 0 Å². The van der Waals surface area contributed by atoms with Gasteiger partial charge in [-0.05, 0) is 18.2 Å². The standard InChI is InChI=1S/C8H7ClFNOS/c9-6-3-5(10)1-2-7(6)12-4-8(11)13/h1-3H,4H2,(H2,11,13). The number of thiocarbonyl (C=S) groups is 1. The summed E-state index contributed by atoms with van der Waals surface area (Å²) in [7, 11) is 0. The fourth-order valence-corrected chi connectivity index (χ4v) is 1.02. The minimum absolute atomic E-state index is 0.0979. The Kier molecular flexibility index (Phi) is 3.45. The van der Waals surface area contributed by atoms with Crippen LogP contribution in [0.4, 0.5) is 4.39 Å². The van der Waals surface area contributed by atoms with Gasteiger partial charge in [0.2, 0.25) is 0 Å². The van der Waals surface area contributed by atoms with E-state index in [-0.39, 0.29) is 16.6 Å². The SMILES string of the molecule is NC(=S)COc1ccc(F)cc1Cl. The van der Waals surface area contributed by atoms with E-state index in [1.54, 1.807) is 0 Å². The molecule has 1 aromatic carbocycles. The molecule has 0 aliphatic rings. The van der Waals surface area contributed by atoms with Gasteiger partial charge in [0.15, 0.2) is 0 Å². The molecule has 0 atom stereocenters. The van der Waals surface area contributed by atoms with E-state index in [9.17, 15) is 4.39 Å². The quantitative estimate of drug-likeness (QED) is 0.792. The van der Waals surface area contributed by atoms with Crippen molar-refractivity contribution in [1.82, 2.24) is 0 Å². The summed E-state index contributed by atoms with van der Waals surface area (Å²) in [5.74, 6) is -0.0384. The Morgan fingerprint density at radius 1 is 1.62 bits per heavy atom. The fraction of sp³-hybridized carbons (Fsp3) is 0.125. The molecule has 0 aliphatic carbocycles. The molecule has 13 heavy (non-hydrogen) atoms. The lowest BCUT2D eigenvalue weighted by atomic mass is 10.3. The van der Waals surface area contributed by atoms with E-state index in [1.807, 2.05) is 0 Å². The van der Waals surface area contributed by atoms with Crippen LogP contribution >= 0.6 is 23.8 Å². The van der Waals surface area contributed by atoms with Crippen molar-refractivity contribution in [1.29, 1.82) is 0 Å². The molecule has 5 heteroatoms. The summed E-state index contributed by atoms with van der Waals surface area (Å²) >= 11 is 10.3. The van der Waals surface area contributed by atoms with Gasteiger partial charge in [0, 0.05) is 0 Å². The molecule has 2 N–H and O–H groups in total. The lowest BCUT2D eigenvalue weighted by molar-refractivity contribution is 0.377. The van der Waals surface area contributed by atoms with Crippen LogP contribution in [0.25, 0.3) is 0 Å². The molecular formula is C8H7ClFNOS. The molecule has 70 valence electrons. The molecule has 1 rings (SSSR count). The van der Waals surface area contributed by atoms with Gasteiger partial charge in [-0.2, -0.15) is 0 Å². The third kappa shape index (κ3) is 3.16. The van der Waals surface area contributed by atoms with Gasteiger partial charge in [0.1, 0.15) is 23.2 Å². The van der Waals surface area contributed by atoms with Crippen LogP contribution in [0.1, 0.15) is 0 Å². The monoisotopic (exact) mass is 219 g/mol.